The van der Waals surface area contributed by atoms with Crippen LogP contribution in [-0.2, 0) is 28.5 Å². The lowest BCUT2D eigenvalue weighted by atomic mass is 9.99. The highest BCUT2D eigenvalue weighted by Gasteiger charge is 2.44. The lowest BCUT2D eigenvalue weighted by Crippen LogP contribution is -2.59. The Kier molecular flexibility index (Phi) is 41.0. The number of carbonyl (C=O) groups is 2. The first-order chi connectivity index (χ1) is 30.8. The van der Waals surface area contributed by atoms with Gasteiger partial charge in [-0.05, 0) is 70.6 Å². The molecule has 0 radical (unpaired) electrons. The summed E-state index contributed by atoms with van der Waals surface area (Å²) in [6.45, 7) is 3.42. The number of hydrogen-bond donors (Lipinski definition) is 4. The lowest BCUT2D eigenvalue weighted by Gasteiger charge is -2.39. The highest BCUT2D eigenvalue weighted by Crippen LogP contribution is 2.23. The van der Waals surface area contributed by atoms with Gasteiger partial charge in [-0.1, -0.05) is 185 Å². The highest BCUT2D eigenvalue weighted by atomic mass is 16.7. The van der Waals surface area contributed by atoms with Gasteiger partial charge in [-0.3, -0.25) is 9.59 Å². The van der Waals surface area contributed by atoms with E-state index in [4.69, 9.17) is 18.9 Å². The first-order valence-electron chi connectivity index (χ1n) is 26.1. The summed E-state index contributed by atoms with van der Waals surface area (Å²) in [6.07, 6.45) is 44.3. The fourth-order valence-electron chi connectivity index (χ4n) is 7.86. The van der Waals surface area contributed by atoms with Crippen LogP contribution >= 0.6 is 0 Å². The molecular weight excluding hydrogens is 797 g/mol. The first-order valence-corrected chi connectivity index (χ1v) is 26.1. The smallest absolute Gasteiger partial charge is 0.306 e. The minimum Gasteiger partial charge on any atom is -0.462 e. The molecular formula is C53H96O10. The van der Waals surface area contributed by atoms with Crippen molar-refractivity contribution in [2.45, 2.75) is 269 Å². The van der Waals surface area contributed by atoms with Crippen molar-refractivity contribution >= 4 is 11.9 Å². The van der Waals surface area contributed by atoms with Crippen molar-refractivity contribution in [1.29, 1.82) is 0 Å². The number of aliphatic hydroxyl groups is 4. The number of unbranched alkanes of at least 4 members (excludes halogenated alkanes) is 27. The second kappa shape index (κ2) is 43.8. The maximum absolute atomic E-state index is 12.8. The highest BCUT2D eigenvalue weighted by molar-refractivity contribution is 5.70. The molecule has 10 heteroatoms. The van der Waals surface area contributed by atoms with E-state index < -0.39 is 49.4 Å². The molecule has 368 valence electrons. The maximum Gasteiger partial charge on any atom is 0.306 e. The van der Waals surface area contributed by atoms with Gasteiger partial charge in [0, 0.05) is 12.8 Å². The fourth-order valence-corrected chi connectivity index (χ4v) is 7.86. The van der Waals surface area contributed by atoms with E-state index >= 15 is 0 Å². The van der Waals surface area contributed by atoms with Crippen molar-refractivity contribution in [3.8, 4) is 0 Å². The molecule has 1 saturated heterocycles. The predicted octanol–water partition coefficient (Wildman–Crippen LogP) is 12.2. The zero-order chi connectivity index (χ0) is 45.9. The molecule has 0 aromatic heterocycles. The molecule has 1 aliphatic heterocycles. The summed E-state index contributed by atoms with van der Waals surface area (Å²) in [5, 5.41) is 40.2. The topological polar surface area (TPSA) is 152 Å². The standard InChI is InChI=1S/C53H96O10/c1-3-5-7-9-11-13-15-17-19-21-23-25-27-29-31-33-35-37-39-41-48(55)60-44-46(45-61-53-52(59)51(58)50(57)47(43-54)63-53)62-49(56)42-40-38-36-34-32-30-28-26-24-22-20-18-16-14-12-10-8-6-4-2/h11,13,17-20,46-47,50-54,57-59H,3-10,12,14-16,21-45H2,1-2H3/b13-11+,19-17+,20-18+/t46-,47-,50+,51?,52?,53-/m0/s1. The third kappa shape index (κ3) is 34.9. The minimum atomic E-state index is -1.60. The van der Waals surface area contributed by atoms with Gasteiger partial charge in [0.15, 0.2) is 12.4 Å². The van der Waals surface area contributed by atoms with Crippen molar-refractivity contribution in [1.82, 2.24) is 0 Å². The molecule has 1 fully saturated rings. The number of esters is 2. The van der Waals surface area contributed by atoms with E-state index in [2.05, 4.69) is 50.3 Å². The minimum absolute atomic E-state index is 0.219. The molecule has 1 aliphatic rings. The summed E-state index contributed by atoms with van der Waals surface area (Å²) in [5.74, 6) is -0.806. The molecule has 1 heterocycles. The van der Waals surface area contributed by atoms with Crippen LogP contribution in [0.4, 0.5) is 0 Å². The zero-order valence-electron chi connectivity index (χ0n) is 40.3. The van der Waals surface area contributed by atoms with Gasteiger partial charge < -0.3 is 39.4 Å². The van der Waals surface area contributed by atoms with E-state index in [0.717, 1.165) is 57.8 Å². The van der Waals surface area contributed by atoms with Gasteiger partial charge in [0.25, 0.3) is 0 Å². The van der Waals surface area contributed by atoms with Gasteiger partial charge in [-0.15, -0.1) is 0 Å². The number of rotatable bonds is 44. The zero-order valence-corrected chi connectivity index (χ0v) is 40.3. The van der Waals surface area contributed by atoms with E-state index in [1.54, 1.807) is 0 Å². The largest absolute Gasteiger partial charge is 0.462 e. The van der Waals surface area contributed by atoms with Gasteiger partial charge in [0.05, 0.1) is 13.2 Å². The second-order valence-electron chi connectivity index (χ2n) is 18.0. The molecule has 6 atom stereocenters. The average Bonchev–Trinajstić information content (AvgIpc) is 3.28. The Morgan fingerprint density at radius 1 is 0.492 bits per heavy atom. The molecule has 4 N–H and O–H groups in total. The molecule has 2 unspecified atom stereocenters. The van der Waals surface area contributed by atoms with Gasteiger partial charge in [0.2, 0.25) is 0 Å². The fraction of sp³-hybridized carbons (Fsp3) is 0.849. The number of carbonyl (C=O) groups excluding carboxylic acids is 2. The predicted molar refractivity (Wildman–Crippen MR) is 256 cm³/mol. The monoisotopic (exact) mass is 893 g/mol. The molecule has 1 rings (SSSR count). The van der Waals surface area contributed by atoms with Crippen LogP contribution in [0.3, 0.4) is 0 Å². The van der Waals surface area contributed by atoms with Crippen molar-refractivity contribution < 1.29 is 49.0 Å². The van der Waals surface area contributed by atoms with Crippen LogP contribution in [0.2, 0.25) is 0 Å². The Hall–Kier alpha value is -2.08. The van der Waals surface area contributed by atoms with Crippen LogP contribution in [0, 0.1) is 0 Å². The van der Waals surface area contributed by atoms with Crippen molar-refractivity contribution in [3.05, 3.63) is 36.5 Å². The Morgan fingerprint density at radius 2 is 0.889 bits per heavy atom. The molecule has 0 aliphatic carbocycles. The van der Waals surface area contributed by atoms with Crippen molar-refractivity contribution in [2.24, 2.45) is 0 Å². The number of allylic oxidation sites excluding steroid dienone is 6. The number of hydrogen-bond acceptors (Lipinski definition) is 10. The molecule has 63 heavy (non-hydrogen) atoms. The van der Waals surface area contributed by atoms with Gasteiger partial charge >= 0.3 is 11.9 Å². The Balaban J connectivity index is 2.26. The van der Waals surface area contributed by atoms with Crippen molar-refractivity contribution in [2.75, 3.05) is 19.8 Å². The average molecular weight is 893 g/mol. The molecule has 0 amide bonds. The molecule has 0 saturated carbocycles. The van der Waals surface area contributed by atoms with Crippen LogP contribution in [0.15, 0.2) is 36.5 Å². The van der Waals surface area contributed by atoms with Crippen LogP contribution in [0.1, 0.15) is 232 Å². The molecule has 0 aromatic rings. The van der Waals surface area contributed by atoms with E-state index in [1.807, 2.05) is 0 Å². The Labute approximate surface area is 385 Å². The van der Waals surface area contributed by atoms with Gasteiger partial charge in [-0.2, -0.15) is 0 Å². The normalized spacial score (nSPS) is 19.7. The summed E-state index contributed by atoms with van der Waals surface area (Å²) in [6, 6.07) is 0. The lowest BCUT2D eigenvalue weighted by molar-refractivity contribution is -0.305. The molecule has 0 spiro atoms. The second-order valence-corrected chi connectivity index (χ2v) is 18.0. The maximum atomic E-state index is 12.8. The third-order valence-corrected chi connectivity index (χ3v) is 12.0. The summed E-state index contributed by atoms with van der Waals surface area (Å²) < 4.78 is 22.3. The number of ether oxygens (including phenoxy) is 4. The summed E-state index contributed by atoms with van der Waals surface area (Å²) in [7, 11) is 0. The molecule has 10 nitrogen and oxygen atoms in total. The number of aliphatic hydroxyl groups excluding tert-OH is 4. The summed E-state index contributed by atoms with van der Waals surface area (Å²) in [4.78, 5) is 25.5. The SMILES string of the molecule is CCCCC/C=C/C/C=C/CCCCCCCCCCCC(=O)OC[C@@H](CO[C@H]1O[C@@H](CO)[C@@H](O)C(O)C1O)OC(=O)CCCCCCCCCCC/C=C/CCCCCCCC. The first kappa shape index (κ1) is 58.9. The summed E-state index contributed by atoms with van der Waals surface area (Å²) in [5.41, 5.74) is 0. The Morgan fingerprint density at radius 3 is 1.37 bits per heavy atom. The van der Waals surface area contributed by atoms with Crippen LogP contribution in [0.25, 0.3) is 0 Å². The quantitative estimate of drug-likeness (QED) is 0.0264. The van der Waals surface area contributed by atoms with Crippen molar-refractivity contribution in [3.63, 3.8) is 0 Å². The van der Waals surface area contributed by atoms with Gasteiger partial charge in [0.1, 0.15) is 31.0 Å². The Bertz CT molecular complexity index is 1120. The van der Waals surface area contributed by atoms with Crippen LogP contribution in [0.5, 0.6) is 0 Å². The van der Waals surface area contributed by atoms with Crippen LogP contribution in [-0.4, -0.2) is 89.0 Å². The van der Waals surface area contributed by atoms with E-state index in [-0.39, 0.29) is 32.0 Å². The molecule has 0 bridgehead atoms. The summed E-state index contributed by atoms with van der Waals surface area (Å²) >= 11 is 0. The van der Waals surface area contributed by atoms with E-state index in [9.17, 15) is 30.0 Å². The third-order valence-electron chi connectivity index (χ3n) is 12.0. The van der Waals surface area contributed by atoms with Crippen LogP contribution < -0.4 is 0 Å². The molecule has 0 aromatic carbocycles. The van der Waals surface area contributed by atoms with E-state index in [1.165, 1.54) is 141 Å². The van der Waals surface area contributed by atoms with E-state index in [0.29, 0.717) is 6.42 Å². The van der Waals surface area contributed by atoms with Gasteiger partial charge in [-0.25, -0.2) is 0 Å².